The Morgan fingerprint density at radius 1 is 1.11 bits per heavy atom. The minimum atomic E-state index is -0.606. The summed E-state index contributed by atoms with van der Waals surface area (Å²) >= 11 is 0. The molecular weight excluding hydrogens is 222 g/mol. The van der Waals surface area contributed by atoms with Gasteiger partial charge in [0, 0.05) is 0 Å². The predicted molar refractivity (Wildman–Crippen MR) is 73.9 cm³/mol. The summed E-state index contributed by atoms with van der Waals surface area (Å²) < 4.78 is 0. The average Bonchev–Trinajstić information content (AvgIpc) is 2.09. The van der Waals surface area contributed by atoms with E-state index in [9.17, 15) is 5.11 Å². The van der Waals surface area contributed by atoms with Crippen LogP contribution in [0.3, 0.4) is 0 Å². The highest BCUT2D eigenvalue weighted by Crippen LogP contribution is 2.70. The highest BCUT2D eigenvalue weighted by Gasteiger charge is 2.59. The standard InChI is InChI=1S/C16H29NO/c1-14-6-12-7-15(2,9-14)11-16(8-12,10-14)5-3-4-13(17)18/h12-13,18H,3-11,17H2,1-2H3. The Hall–Kier alpha value is -0.0800. The van der Waals surface area contributed by atoms with Crippen molar-refractivity contribution in [2.75, 3.05) is 0 Å². The van der Waals surface area contributed by atoms with Crippen molar-refractivity contribution in [3.63, 3.8) is 0 Å². The summed E-state index contributed by atoms with van der Waals surface area (Å²) in [6.07, 6.45) is 11.3. The predicted octanol–water partition coefficient (Wildman–Crippen LogP) is 3.43. The summed E-state index contributed by atoms with van der Waals surface area (Å²) in [6, 6.07) is 0. The van der Waals surface area contributed by atoms with Crippen molar-refractivity contribution in [3.05, 3.63) is 0 Å². The normalized spacial score (nSPS) is 51.7. The summed E-state index contributed by atoms with van der Waals surface area (Å²) in [6.45, 7) is 5.06. The molecule has 0 heterocycles. The van der Waals surface area contributed by atoms with Crippen LogP contribution in [-0.4, -0.2) is 11.3 Å². The number of aliphatic hydroxyl groups excluding tert-OH is 1. The molecule has 4 aliphatic rings. The number of nitrogens with two attached hydrogens (primary N) is 1. The van der Waals surface area contributed by atoms with Gasteiger partial charge in [-0.3, -0.25) is 0 Å². The van der Waals surface area contributed by atoms with Gasteiger partial charge in [-0.25, -0.2) is 0 Å². The Balaban J connectivity index is 1.72. The summed E-state index contributed by atoms with van der Waals surface area (Å²) in [5.41, 5.74) is 7.31. The molecule has 4 fully saturated rings. The second-order valence-corrected chi connectivity index (χ2v) is 8.59. The van der Waals surface area contributed by atoms with Gasteiger partial charge in [0.1, 0.15) is 6.23 Å². The second-order valence-electron chi connectivity index (χ2n) is 8.59. The molecule has 0 aromatic rings. The summed E-state index contributed by atoms with van der Waals surface area (Å²) in [7, 11) is 0. The Kier molecular flexibility index (Phi) is 2.84. The van der Waals surface area contributed by atoms with Gasteiger partial charge in [0.25, 0.3) is 0 Å². The highest BCUT2D eigenvalue weighted by molar-refractivity contribution is 5.10. The van der Waals surface area contributed by atoms with E-state index in [0.29, 0.717) is 16.2 Å². The van der Waals surface area contributed by atoms with Crippen LogP contribution in [0, 0.1) is 22.2 Å². The molecule has 0 saturated heterocycles. The van der Waals surface area contributed by atoms with Gasteiger partial charge in [0.15, 0.2) is 0 Å². The molecule has 0 aromatic heterocycles. The van der Waals surface area contributed by atoms with E-state index in [0.717, 1.165) is 18.8 Å². The quantitative estimate of drug-likeness (QED) is 0.752. The van der Waals surface area contributed by atoms with Crippen LogP contribution in [0.1, 0.15) is 71.6 Å². The lowest BCUT2D eigenvalue weighted by atomic mass is 9.40. The van der Waals surface area contributed by atoms with Crippen LogP contribution in [0.15, 0.2) is 0 Å². The van der Waals surface area contributed by atoms with E-state index in [4.69, 9.17) is 5.73 Å². The molecule has 2 heteroatoms. The van der Waals surface area contributed by atoms with Crippen LogP contribution in [-0.2, 0) is 0 Å². The zero-order valence-corrected chi connectivity index (χ0v) is 12.0. The van der Waals surface area contributed by atoms with Gasteiger partial charge in [0.05, 0.1) is 0 Å². The molecule has 18 heavy (non-hydrogen) atoms. The molecule has 4 aliphatic carbocycles. The Labute approximate surface area is 111 Å². The molecule has 4 bridgehead atoms. The molecule has 3 unspecified atom stereocenters. The van der Waals surface area contributed by atoms with Crippen LogP contribution < -0.4 is 5.73 Å². The van der Waals surface area contributed by atoms with Gasteiger partial charge in [-0.15, -0.1) is 0 Å². The zero-order valence-electron chi connectivity index (χ0n) is 12.0. The first-order valence-corrected chi connectivity index (χ1v) is 7.76. The van der Waals surface area contributed by atoms with Crippen molar-refractivity contribution in [3.8, 4) is 0 Å². The topological polar surface area (TPSA) is 46.2 Å². The third kappa shape index (κ3) is 2.22. The number of aliphatic hydroxyl groups is 1. The largest absolute Gasteiger partial charge is 0.379 e. The molecule has 2 nitrogen and oxygen atoms in total. The zero-order chi connectivity index (χ0) is 13.0. The fraction of sp³-hybridized carbons (Fsp3) is 1.00. The van der Waals surface area contributed by atoms with E-state index in [1.807, 2.05) is 0 Å². The Morgan fingerprint density at radius 2 is 1.72 bits per heavy atom. The van der Waals surface area contributed by atoms with E-state index in [2.05, 4.69) is 13.8 Å². The van der Waals surface area contributed by atoms with Crippen molar-refractivity contribution in [1.82, 2.24) is 0 Å². The van der Waals surface area contributed by atoms with Gasteiger partial charge in [-0.05, 0) is 80.0 Å². The van der Waals surface area contributed by atoms with Crippen molar-refractivity contribution >= 4 is 0 Å². The average molecular weight is 251 g/mol. The molecule has 3 atom stereocenters. The van der Waals surface area contributed by atoms with Crippen LogP contribution in [0.2, 0.25) is 0 Å². The summed E-state index contributed by atoms with van der Waals surface area (Å²) in [5.74, 6) is 0.985. The maximum Gasteiger partial charge on any atom is 0.102 e. The monoisotopic (exact) mass is 251 g/mol. The fourth-order valence-corrected chi connectivity index (χ4v) is 6.65. The van der Waals surface area contributed by atoms with E-state index >= 15 is 0 Å². The molecule has 0 aliphatic heterocycles. The van der Waals surface area contributed by atoms with Crippen LogP contribution in [0.5, 0.6) is 0 Å². The van der Waals surface area contributed by atoms with Crippen molar-refractivity contribution < 1.29 is 5.11 Å². The number of hydrogen-bond acceptors (Lipinski definition) is 2. The molecule has 0 aromatic carbocycles. The lowest BCUT2D eigenvalue weighted by Crippen LogP contribution is -2.54. The fourth-order valence-electron chi connectivity index (χ4n) is 6.65. The van der Waals surface area contributed by atoms with Crippen LogP contribution >= 0.6 is 0 Å². The summed E-state index contributed by atoms with van der Waals surface area (Å²) in [5, 5.41) is 9.24. The smallest absolute Gasteiger partial charge is 0.102 e. The lowest BCUT2D eigenvalue weighted by molar-refractivity contribution is -0.148. The Bertz CT molecular complexity index is 320. The molecule has 0 amide bonds. The van der Waals surface area contributed by atoms with Gasteiger partial charge < -0.3 is 10.8 Å². The van der Waals surface area contributed by atoms with Crippen LogP contribution in [0.25, 0.3) is 0 Å². The van der Waals surface area contributed by atoms with E-state index < -0.39 is 6.23 Å². The van der Waals surface area contributed by atoms with E-state index in [1.54, 1.807) is 0 Å². The maximum atomic E-state index is 9.24. The van der Waals surface area contributed by atoms with Crippen LogP contribution in [0.4, 0.5) is 0 Å². The number of rotatable bonds is 4. The SMILES string of the molecule is CC12CC3CC(C)(C1)CC(CCCC(N)O)(C3)C2. The van der Waals surface area contributed by atoms with Gasteiger partial charge in [-0.1, -0.05) is 13.8 Å². The third-order valence-corrected chi connectivity index (χ3v) is 5.95. The first-order valence-electron chi connectivity index (χ1n) is 7.76. The Morgan fingerprint density at radius 3 is 2.22 bits per heavy atom. The molecule has 4 saturated carbocycles. The maximum absolute atomic E-state index is 9.24. The molecule has 0 radical (unpaired) electrons. The highest BCUT2D eigenvalue weighted by atomic mass is 16.3. The van der Waals surface area contributed by atoms with Gasteiger partial charge in [-0.2, -0.15) is 0 Å². The number of hydrogen-bond donors (Lipinski definition) is 2. The minimum absolute atomic E-state index is 0.595. The molecule has 0 spiro atoms. The van der Waals surface area contributed by atoms with Crippen molar-refractivity contribution in [2.45, 2.75) is 77.9 Å². The molecular formula is C16H29NO. The molecule has 4 rings (SSSR count). The first kappa shape index (κ1) is 12.9. The second kappa shape index (κ2) is 3.96. The molecule has 104 valence electrons. The van der Waals surface area contributed by atoms with Gasteiger partial charge >= 0.3 is 0 Å². The van der Waals surface area contributed by atoms with Crippen molar-refractivity contribution in [1.29, 1.82) is 0 Å². The molecule has 3 N–H and O–H groups in total. The first-order chi connectivity index (χ1) is 8.32. The lowest BCUT2D eigenvalue weighted by Gasteiger charge is -2.65. The van der Waals surface area contributed by atoms with Gasteiger partial charge in [0.2, 0.25) is 0 Å². The summed E-state index contributed by atoms with van der Waals surface area (Å²) in [4.78, 5) is 0. The third-order valence-electron chi connectivity index (χ3n) is 5.95. The van der Waals surface area contributed by atoms with E-state index in [1.165, 1.54) is 44.9 Å². The van der Waals surface area contributed by atoms with Crippen molar-refractivity contribution in [2.24, 2.45) is 27.9 Å². The minimum Gasteiger partial charge on any atom is -0.379 e. The van der Waals surface area contributed by atoms with E-state index in [-0.39, 0.29) is 0 Å².